The molecular formula is C17H27N3O3S. The summed E-state index contributed by atoms with van der Waals surface area (Å²) in [4.78, 5) is 33.1. The summed E-state index contributed by atoms with van der Waals surface area (Å²) in [6, 6.07) is 0.142. The third-order valence-electron chi connectivity index (χ3n) is 4.05. The molecular weight excluding hydrogens is 326 g/mol. The van der Waals surface area contributed by atoms with Gasteiger partial charge in [-0.15, -0.1) is 11.3 Å². The minimum atomic E-state index is -0.482. The first-order valence-corrected chi connectivity index (χ1v) is 9.22. The van der Waals surface area contributed by atoms with Crippen molar-refractivity contribution in [3.8, 4) is 0 Å². The number of piperidine rings is 1. The number of rotatable bonds is 3. The number of hydrogen-bond acceptors (Lipinski definition) is 5. The van der Waals surface area contributed by atoms with E-state index < -0.39 is 5.60 Å². The Morgan fingerprint density at radius 1 is 1.38 bits per heavy atom. The molecule has 24 heavy (non-hydrogen) atoms. The second-order valence-electron chi connectivity index (χ2n) is 7.09. The standard InChI is InChI=1S/C17H27N3O3S/c1-6-14-18-11-13(24-14)15(21)19(5)12-7-9-20(10-8-12)16(22)23-17(2,3)4/h11-12H,6-10H2,1-5H3. The Balaban J connectivity index is 1.89. The molecule has 0 radical (unpaired) electrons. The van der Waals surface area contributed by atoms with Gasteiger partial charge in [0.15, 0.2) is 0 Å². The number of amides is 2. The van der Waals surface area contributed by atoms with Gasteiger partial charge in [-0.05, 0) is 40.0 Å². The lowest BCUT2D eigenvalue weighted by Gasteiger charge is -2.37. The number of carbonyl (C=O) groups is 2. The Morgan fingerprint density at radius 3 is 2.50 bits per heavy atom. The summed E-state index contributed by atoms with van der Waals surface area (Å²) in [5.41, 5.74) is -0.482. The molecule has 0 spiro atoms. The van der Waals surface area contributed by atoms with Gasteiger partial charge in [0.25, 0.3) is 5.91 Å². The zero-order valence-electron chi connectivity index (χ0n) is 15.2. The number of carbonyl (C=O) groups excluding carboxylic acids is 2. The van der Waals surface area contributed by atoms with Crippen LogP contribution in [0, 0.1) is 0 Å². The van der Waals surface area contributed by atoms with Crippen LogP contribution in [0.2, 0.25) is 0 Å². The van der Waals surface area contributed by atoms with E-state index in [9.17, 15) is 9.59 Å². The topological polar surface area (TPSA) is 62.7 Å². The van der Waals surface area contributed by atoms with Gasteiger partial charge in [0.2, 0.25) is 0 Å². The Bertz CT molecular complexity index is 586. The maximum absolute atomic E-state index is 12.6. The summed E-state index contributed by atoms with van der Waals surface area (Å²) in [7, 11) is 1.83. The number of aromatic nitrogens is 1. The van der Waals surface area contributed by atoms with E-state index in [-0.39, 0.29) is 18.0 Å². The Kier molecular flexibility index (Phi) is 5.85. The average molecular weight is 353 g/mol. The Morgan fingerprint density at radius 2 is 2.00 bits per heavy atom. The van der Waals surface area contributed by atoms with Crippen LogP contribution in [-0.2, 0) is 11.2 Å². The molecule has 1 saturated heterocycles. The normalized spacial score (nSPS) is 16.1. The molecule has 2 heterocycles. The van der Waals surface area contributed by atoms with Gasteiger partial charge in [-0.25, -0.2) is 9.78 Å². The predicted octanol–water partition coefficient (Wildman–Crippen LogP) is 3.18. The van der Waals surface area contributed by atoms with Gasteiger partial charge in [-0.2, -0.15) is 0 Å². The first-order chi connectivity index (χ1) is 11.2. The van der Waals surface area contributed by atoms with Gasteiger partial charge in [-0.3, -0.25) is 4.79 Å². The highest BCUT2D eigenvalue weighted by Crippen LogP contribution is 2.22. The first-order valence-electron chi connectivity index (χ1n) is 8.41. The van der Waals surface area contributed by atoms with Crippen molar-refractivity contribution in [2.45, 2.75) is 58.6 Å². The van der Waals surface area contributed by atoms with Crippen molar-refractivity contribution in [2.75, 3.05) is 20.1 Å². The lowest BCUT2D eigenvalue weighted by Crippen LogP contribution is -2.48. The van der Waals surface area contributed by atoms with Crippen molar-refractivity contribution >= 4 is 23.3 Å². The van der Waals surface area contributed by atoms with E-state index in [2.05, 4.69) is 4.98 Å². The molecule has 0 N–H and O–H groups in total. The summed E-state index contributed by atoms with van der Waals surface area (Å²) in [6.45, 7) is 8.85. The number of nitrogens with zero attached hydrogens (tertiary/aromatic N) is 3. The SMILES string of the molecule is CCc1ncc(C(=O)N(C)C2CCN(C(=O)OC(C)(C)C)CC2)s1. The minimum Gasteiger partial charge on any atom is -0.444 e. The molecule has 0 aliphatic carbocycles. The third-order valence-corrected chi connectivity index (χ3v) is 5.18. The van der Waals surface area contributed by atoms with Crippen molar-refractivity contribution in [2.24, 2.45) is 0 Å². The van der Waals surface area contributed by atoms with E-state index in [1.807, 2.05) is 34.7 Å². The van der Waals surface area contributed by atoms with Gasteiger partial charge in [0, 0.05) is 26.2 Å². The summed E-state index contributed by atoms with van der Waals surface area (Å²) in [6.07, 6.45) is 3.76. The minimum absolute atomic E-state index is 0.0166. The van der Waals surface area contributed by atoms with Crippen LogP contribution in [0.3, 0.4) is 0 Å². The fourth-order valence-corrected chi connectivity index (χ4v) is 3.51. The number of thiazole rings is 1. The van der Waals surface area contributed by atoms with Crippen LogP contribution in [0.4, 0.5) is 4.79 Å². The molecule has 134 valence electrons. The van der Waals surface area contributed by atoms with E-state index in [0.29, 0.717) is 18.0 Å². The lowest BCUT2D eigenvalue weighted by molar-refractivity contribution is 0.0160. The summed E-state index contributed by atoms with van der Waals surface area (Å²) < 4.78 is 5.40. The van der Waals surface area contributed by atoms with Crippen LogP contribution >= 0.6 is 11.3 Å². The molecule has 1 aliphatic heterocycles. The van der Waals surface area contributed by atoms with Gasteiger partial charge < -0.3 is 14.5 Å². The van der Waals surface area contributed by atoms with Crippen LogP contribution in [-0.4, -0.2) is 58.6 Å². The molecule has 7 heteroatoms. The highest BCUT2D eigenvalue weighted by molar-refractivity contribution is 7.13. The van der Waals surface area contributed by atoms with Crippen LogP contribution in [0.1, 0.15) is 55.2 Å². The molecule has 6 nitrogen and oxygen atoms in total. The van der Waals surface area contributed by atoms with E-state index in [0.717, 1.165) is 24.3 Å². The maximum Gasteiger partial charge on any atom is 0.410 e. The quantitative estimate of drug-likeness (QED) is 0.837. The number of likely N-dealkylation sites (tertiary alicyclic amines) is 1. The van der Waals surface area contributed by atoms with Gasteiger partial charge in [-0.1, -0.05) is 6.92 Å². The number of aryl methyl sites for hydroxylation is 1. The van der Waals surface area contributed by atoms with Crippen molar-refractivity contribution in [1.82, 2.24) is 14.8 Å². The van der Waals surface area contributed by atoms with E-state index >= 15 is 0 Å². The lowest BCUT2D eigenvalue weighted by atomic mass is 10.0. The average Bonchev–Trinajstić information content (AvgIpc) is 3.01. The molecule has 1 aliphatic rings. The Hall–Kier alpha value is -1.63. The van der Waals surface area contributed by atoms with Crippen LogP contribution in [0.15, 0.2) is 6.20 Å². The molecule has 1 aromatic heterocycles. The fraction of sp³-hybridized carbons (Fsp3) is 0.706. The molecule has 0 atom stereocenters. The summed E-state index contributed by atoms with van der Waals surface area (Å²) in [5.74, 6) is 0.0166. The molecule has 0 bridgehead atoms. The molecule has 2 amide bonds. The fourth-order valence-electron chi connectivity index (χ4n) is 2.67. The zero-order chi connectivity index (χ0) is 17.9. The van der Waals surface area contributed by atoms with Crippen LogP contribution in [0.25, 0.3) is 0 Å². The number of hydrogen-bond donors (Lipinski definition) is 0. The van der Waals surface area contributed by atoms with Gasteiger partial charge in [0.05, 0.1) is 11.2 Å². The summed E-state index contributed by atoms with van der Waals surface area (Å²) in [5, 5.41) is 0.978. The second-order valence-corrected chi connectivity index (χ2v) is 8.20. The predicted molar refractivity (Wildman–Crippen MR) is 94.4 cm³/mol. The smallest absolute Gasteiger partial charge is 0.410 e. The monoisotopic (exact) mass is 353 g/mol. The molecule has 0 saturated carbocycles. The first kappa shape index (κ1) is 18.7. The van der Waals surface area contributed by atoms with E-state index in [1.165, 1.54) is 11.3 Å². The maximum atomic E-state index is 12.6. The van der Waals surface area contributed by atoms with Crippen molar-refractivity contribution in [3.63, 3.8) is 0 Å². The van der Waals surface area contributed by atoms with Crippen LogP contribution in [0.5, 0.6) is 0 Å². The second kappa shape index (κ2) is 7.51. The highest BCUT2D eigenvalue weighted by Gasteiger charge is 2.30. The molecule has 1 aromatic rings. The molecule has 1 fully saturated rings. The third kappa shape index (κ3) is 4.69. The van der Waals surface area contributed by atoms with Gasteiger partial charge in [0.1, 0.15) is 10.5 Å². The summed E-state index contributed by atoms with van der Waals surface area (Å²) >= 11 is 1.46. The Labute approximate surface area is 147 Å². The largest absolute Gasteiger partial charge is 0.444 e. The van der Waals surface area contributed by atoms with Gasteiger partial charge >= 0.3 is 6.09 Å². The molecule has 2 rings (SSSR count). The van der Waals surface area contributed by atoms with E-state index in [4.69, 9.17) is 4.74 Å². The zero-order valence-corrected chi connectivity index (χ0v) is 16.0. The van der Waals surface area contributed by atoms with E-state index in [1.54, 1.807) is 16.0 Å². The molecule has 0 unspecified atom stereocenters. The van der Waals surface area contributed by atoms with Crippen molar-refractivity contribution in [3.05, 3.63) is 16.1 Å². The van der Waals surface area contributed by atoms with Crippen molar-refractivity contribution in [1.29, 1.82) is 0 Å². The van der Waals surface area contributed by atoms with Crippen LogP contribution < -0.4 is 0 Å². The highest BCUT2D eigenvalue weighted by atomic mass is 32.1. The van der Waals surface area contributed by atoms with Crippen molar-refractivity contribution < 1.29 is 14.3 Å². The molecule has 0 aromatic carbocycles. The number of ether oxygens (including phenoxy) is 1.